The first-order valence-electron chi connectivity index (χ1n) is 4.31. The van der Waals surface area contributed by atoms with E-state index in [0.717, 1.165) is 0 Å². The van der Waals surface area contributed by atoms with Crippen molar-refractivity contribution >= 4 is 0 Å². The predicted molar refractivity (Wildman–Crippen MR) is 45.8 cm³/mol. The van der Waals surface area contributed by atoms with Crippen LogP contribution in [-0.4, -0.2) is 41.2 Å². The normalized spacial score (nSPS) is 15.6. The van der Waals surface area contributed by atoms with Crippen LogP contribution in [0.5, 0.6) is 0 Å². The molecule has 0 aromatic rings. The second-order valence-electron chi connectivity index (χ2n) is 3.82. The predicted octanol–water partition coefficient (Wildman–Crippen LogP) is 0.660. The minimum Gasteiger partial charge on any atom is -0.390 e. The zero-order chi connectivity index (χ0) is 11.4. The topological polar surface area (TPSA) is 52.5 Å². The third kappa shape index (κ3) is 7.11. The van der Waals surface area contributed by atoms with E-state index < -0.39 is 24.4 Å². The first kappa shape index (κ1) is 13.7. The Bertz CT molecular complexity index is 165. The molecular weight excluding hydrogens is 199 g/mol. The average molecular weight is 215 g/mol. The molecule has 0 heterocycles. The van der Waals surface area contributed by atoms with E-state index >= 15 is 0 Å². The summed E-state index contributed by atoms with van der Waals surface area (Å²) in [6, 6.07) is 0. The van der Waals surface area contributed by atoms with E-state index in [1.165, 1.54) is 0 Å². The van der Waals surface area contributed by atoms with Crippen molar-refractivity contribution in [2.45, 2.75) is 38.1 Å². The van der Waals surface area contributed by atoms with Crippen LogP contribution in [-0.2, 0) is 0 Å². The van der Waals surface area contributed by atoms with Crippen LogP contribution in [0, 0.1) is 0 Å². The molecule has 6 heteroatoms. The molecule has 0 amide bonds. The number of halogens is 3. The molecule has 0 bridgehead atoms. The molecule has 0 aliphatic heterocycles. The largest absolute Gasteiger partial charge is 0.415 e. The Labute approximate surface area is 80.9 Å². The minimum atomic E-state index is -4.58. The van der Waals surface area contributed by atoms with Crippen LogP contribution < -0.4 is 5.32 Å². The highest BCUT2D eigenvalue weighted by Crippen LogP contribution is 2.19. The van der Waals surface area contributed by atoms with Crippen LogP contribution in [0.15, 0.2) is 0 Å². The van der Waals surface area contributed by atoms with E-state index in [1.807, 2.05) is 0 Å². The van der Waals surface area contributed by atoms with Crippen LogP contribution in [0.2, 0.25) is 0 Å². The van der Waals surface area contributed by atoms with Crippen LogP contribution in [0.4, 0.5) is 13.2 Å². The standard InChI is InChI=1S/C8H16F3NO2/c1-7(2,14)3-4-12-5-6(13)8(9,10)11/h6,12-14H,3-5H2,1-2H3. The minimum absolute atomic E-state index is 0.233. The molecule has 0 saturated heterocycles. The number of rotatable bonds is 5. The lowest BCUT2D eigenvalue weighted by Gasteiger charge is -2.19. The van der Waals surface area contributed by atoms with E-state index in [1.54, 1.807) is 13.8 Å². The number of hydrogen-bond donors (Lipinski definition) is 3. The van der Waals surface area contributed by atoms with Gasteiger partial charge in [0.2, 0.25) is 0 Å². The fourth-order valence-corrected chi connectivity index (χ4v) is 0.749. The van der Waals surface area contributed by atoms with Gasteiger partial charge in [0.05, 0.1) is 5.60 Å². The summed E-state index contributed by atoms with van der Waals surface area (Å²) in [5.41, 5.74) is -0.907. The van der Waals surface area contributed by atoms with Gasteiger partial charge in [-0.2, -0.15) is 13.2 Å². The summed E-state index contributed by atoms with van der Waals surface area (Å²) >= 11 is 0. The molecule has 0 aromatic heterocycles. The van der Waals surface area contributed by atoms with E-state index in [9.17, 15) is 18.3 Å². The molecule has 1 atom stereocenters. The van der Waals surface area contributed by atoms with Crippen LogP contribution in [0.3, 0.4) is 0 Å². The number of aliphatic hydroxyl groups is 2. The molecule has 0 fully saturated rings. The highest BCUT2D eigenvalue weighted by atomic mass is 19.4. The van der Waals surface area contributed by atoms with Crippen molar-refractivity contribution in [2.24, 2.45) is 0 Å². The lowest BCUT2D eigenvalue weighted by atomic mass is 10.1. The summed E-state index contributed by atoms with van der Waals surface area (Å²) in [7, 11) is 0. The molecule has 0 aliphatic rings. The number of aliphatic hydroxyl groups excluding tert-OH is 1. The van der Waals surface area contributed by atoms with Crippen LogP contribution >= 0.6 is 0 Å². The van der Waals surface area contributed by atoms with Crippen molar-refractivity contribution in [3.05, 3.63) is 0 Å². The fourth-order valence-electron chi connectivity index (χ4n) is 0.749. The monoisotopic (exact) mass is 215 g/mol. The Morgan fingerprint density at radius 1 is 1.29 bits per heavy atom. The molecule has 0 saturated carbocycles. The summed E-state index contributed by atoms with van der Waals surface area (Å²) in [4.78, 5) is 0. The van der Waals surface area contributed by atoms with Gasteiger partial charge < -0.3 is 15.5 Å². The first-order valence-corrected chi connectivity index (χ1v) is 4.31. The highest BCUT2D eigenvalue weighted by Gasteiger charge is 2.37. The quantitative estimate of drug-likeness (QED) is 0.590. The molecule has 3 nitrogen and oxygen atoms in total. The summed E-state index contributed by atoms with van der Waals surface area (Å²) in [6.07, 6.45) is -6.59. The van der Waals surface area contributed by atoms with Crippen molar-refractivity contribution in [1.82, 2.24) is 5.32 Å². The first-order chi connectivity index (χ1) is 6.13. The van der Waals surface area contributed by atoms with Gasteiger partial charge in [-0.1, -0.05) is 0 Å². The molecule has 86 valence electrons. The molecule has 0 spiro atoms. The molecule has 0 radical (unpaired) electrons. The number of hydrogen-bond acceptors (Lipinski definition) is 3. The maximum atomic E-state index is 11.8. The zero-order valence-corrected chi connectivity index (χ0v) is 8.23. The van der Waals surface area contributed by atoms with Gasteiger partial charge in [0.25, 0.3) is 0 Å². The summed E-state index contributed by atoms with van der Waals surface area (Å²) in [6.45, 7) is 2.82. The van der Waals surface area contributed by atoms with Crippen LogP contribution in [0.25, 0.3) is 0 Å². The summed E-state index contributed by atoms with van der Waals surface area (Å²) in [5, 5.41) is 20.2. The Morgan fingerprint density at radius 3 is 2.14 bits per heavy atom. The van der Waals surface area contributed by atoms with E-state index in [4.69, 9.17) is 5.11 Å². The molecule has 3 N–H and O–H groups in total. The van der Waals surface area contributed by atoms with Gasteiger partial charge in [-0.25, -0.2) is 0 Å². The average Bonchev–Trinajstić information content (AvgIpc) is 1.93. The summed E-state index contributed by atoms with van der Waals surface area (Å²) in [5.74, 6) is 0. The number of alkyl halides is 3. The van der Waals surface area contributed by atoms with Crippen molar-refractivity contribution in [3.8, 4) is 0 Å². The van der Waals surface area contributed by atoms with Gasteiger partial charge in [-0.15, -0.1) is 0 Å². The van der Waals surface area contributed by atoms with E-state index in [2.05, 4.69) is 5.32 Å². The third-order valence-corrected chi connectivity index (χ3v) is 1.63. The van der Waals surface area contributed by atoms with Gasteiger partial charge in [0.15, 0.2) is 6.10 Å². The van der Waals surface area contributed by atoms with E-state index in [0.29, 0.717) is 6.42 Å². The molecule has 0 rings (SSSR count). The highest BCUT2D eigenvalue weighted by molar-refractivity contribution is 4.70. The van der Waals surface area contributed by atoms with Gasteiger partial charge in [-0.05, 0) is 26.8 Å². The SMILES string of the molecule is CC(C)(O)CCNCC(O)C(F)(F)F. The molecule has 0 aliphatic carbocycles. The molecule has 0 aromatic carbocycles. The zero-order valence-electron chi connectivity index (χ0n) is 8.23. The van der Waals surface area contributed by atoms with Crippen molar-refractivity contribution in [2.75, 3.05) is 13.1 Å². The summed E-state index contributed by atoms with van der Waals surface area (Å²) < 4.78 is 35.3. The van der Waals surface area contributed by atoms with Crippen molar-refractivity contribution < 1.29 is 23.4 Å². The second-order valence-corrected chi connectivity index (χ2v) is 3.82. The Kier molecular flexibility index (Phi) is 4.83. The van der Waals surface area contributed by atoms with Gasteiger partial charge in [0, 0.05) is 6.54 Å². The lowest BCUT2D eigenvalue weighted by Crippen LogP contribution is -2.39. The van der Waals surface area contributed by atoms with E-state index in [-0.39, 0.29) is 6.54 Å². The maximum absolute atomic E-state index is 11.8. The maximum Gasteiger partial charge on any atom is 0.415 e. The molecule has 14 heavy (non-hydrogen) atoms. The van der Waals surface area contributed by atoms with Crippen LogP contribution in [0.1, 0.15) is 20.3 Å². The third-order valence-electron chi connectivity index (χ3n) is 1.63. The lowest BCUT2D eigenvalue weighted by molar-refractivity contribution is -0.201. The van der Waals surface area contributed by atoms with Gasteiger partial charge in [0.1, 0.15) is 0 Å². The Hall–Kier alpha value is -0.330. The van der Waals surface area contributed by atoms with Crippen molar-refractivity contribution in [1.29, 1.82) is 0 Å². The molecular formula is C8H16F3NO2. The van der Waals surface area contributed by atoms with Gasteiger partial charge in [-0.3, -0.25) is 0 Å². The second kappa shape index (κ2) is 4.95. The Balaban J connectivity index is 3.56. The van der Waals surface area contributed by atoms with Gasteiger partial charge >= 0.3 is 6.18 Å². The Morgan fingerprint density at radius 2 is 1.79 bits per heavy atom. The smallest absolute Gasteiger partial charge is 0.390 e. The van der Waals surface area contributed by atoms with Crippen molar-refractivity contribution in [3.63, 3.8) is 0 Å². The molecule has 1 unspecified atom stereocenters. The number of nitrogens with one attached hydrogen (secondary N) is 1. The fraction of sp³-hybridized carbons (Fsp3) is 1.00.